The Labute approximate surface area is 186 Å². The molecule has 1 atom stereocenters. The summed E-state index contributed by atoms with van der Waals surface area (Å²) >= 11 is 0. The van der Waals surface area contributed by atoms with Gasteiger partial charge in [-0.15, -0.1) is 0 Å². The third-order valence-electron chi connectivity index (χ3n) is 6.44. The minimum absolute atomic E-state index is 0.126. The van der Waals surface area contributed by atoms with E-state index in [4.69, 9.17) is 0 Å². The van der Waals surface area contributed by atoms with Crippen molar-refractivity contribution >= 4 is 26.8 Å². The fourth-order valence-corrected chi connectivity index (χ4v) is 5.98. The van der Waals surface area contributed by atoms with Crippen LogP contribution in [-0.4, -0.2) is 66.9 Å². The van der Waals surface area contributed by atoms with E-state index < -0.39 is 10.0 Å². The number of nitrogens with zero attached hydrogens (tertiary/aromatic N) is 3. The predicted molar refractivity (Wildman–Crippen MR) is 125 cm³/mol. The maximum Gasteiger partial charge on any atom is 0.267 e. The second-order valence-corrected chi connectivity index (χ2v) is 10.3. The molecule has 0 aliphatic carbocycles. The van der Waals surface area contributed by atoms with Crippen LogP contribution in [0.25, 0.3) is 10.9 Å². The third kappa shape index (κ3) is 5.13. The lowest BCUT2D eigenvalue weighted by atomic mass is 10.0. The van der Waals surface area contributed by atoms with Crippen LogP contribution in [0.1, 0.15) is 56.9 Å². The monoisotopic (exact) mass is 448 g/mol. The molecule has 1 saturated heterocycles. The largest absolute Gasteiger partial charge is 0.351 e. The lowest BCUT2D eigenvalue weighted by Crippen LogP contribution is -2.39. The smallest absolute Gasteiger partial charge is 0.267 e. The number of likely N-dealkylation sites (tertiary alicyclic amines) is 1. The van der Waals surface area contributed by atoms with Gasteiger partial charge in [-0.05, 0) is 57.0 Å². The van der Waals surface area contributed by atoms with Crippen molar-refractivity contribution in [3.8, 4) is 0 Å². The Morgan fingerprint density at radius 1 is 1.19 bits per heavy atom. The molecule has 1 amide bonds. The Kier molecular flexibility index (Phi) is 7.78. The van der Waals surface area contributed by atoms with Crippen molar-refractivity contribution < 1.29 is 13.2 Å². The molecular formula is C23H36N4O3S. The molecule has 1 unspecified atom stereocenters. The van der Waals surface area contributed by atoms with Gasteiger partial charge in [-0.25, -0.2) is 8.42 Å². The minimum atomic E-state index is -3.53. The number of aromatic nitrogens is 1. The maximum absolute atomic E-state index is 12.8. The molecule has 2 heterocycles. The summed E-state index contributed by atoms with van der Waals surface area (Å²) < 4.78 is 28.9. The van der Waals surface area contributed by atoms with Crippen LogP contribution < -0.4 is 5.32 Å². The molecule has 3 rings (SSSR count). The van der Waals surface area contributed by atoms with E-state index >= 15 is 0 Å². The summed E-state index contributed by atoms with van der Waals surface area (Å²) in [6, 6.07) is 7.47. The number of carbonyl (C=O) groups excluding carboxylic acids is 1. The number of rotatable bonds is 9. The number of carbonyl (C=O) groups is 1. The normalized spacial score (nSPS) is 18.0. The first kappa shape index (κ1) is 23.8. The number of piperidine rings is 1. The van der Waals surface area contributed by atoms with Gasteiger partial charge in [0.15, 0.2) is 0 Å². The summed E-state index contributed by atoms with van der Waals surface area (Å²) in [7, 11) is -1.69. The Morgan fingerprint density at radius 3 is 2.61 bits per heavy atom. The maximum atomic E-state index is 12.8. The minimum Gasteiger partial charge on any atom is -0.351 e. The second kappa shape index (κ2) is 10.1. The molecule has 0 saturated carbocycles. The number of fused-ring (bicyclic) bond motifs is 1. The molecule has 172 valence electrons. The van der Waals surface area contributed by atoms with Gasteiger partial charge in [0.25, 0.3) is 5.91 Å². The van der Waals surface area contributed by atoms with E-state index in [0.717, 1.165) is 30.4 Å². The van der Waals surface area contributed by atoms with Crippen LogP contribution in [0.5, 0.6) is 0 Å². The zero-order valence-electron chi connectivity index (χ0n) is 19.2. The van der Waals surface area contributed by atoms with Crippen LogP contribution >= 0.6 is 0 Å². The lowest BCUT2D eigenvalue weighted by molar-refractivity contribution is 0.0941. The molecule has 7 nitrogen and oxygen atoms in total. The van der Waals surface area contributed by atoms with Crippen molar-refractivity contribution in [1.82, 2.24) is 19.1 Å². The van der Waals surface area contributed by atoms with E-state index in [1.807, 2.05) is 25.5 Å². The summed E-state index contributed by atoms with van der Waals surface area (Å²) in [5.74, 6) is -0.126. The Bertz CT molecular complexity index is 1010. The SMILES string of the molecule is CCN(CC)S(=O)(=O)c1ccc2c(c1)cc(C(=O)NCCCN1CCCCC1C)n2C. The highest BCUT2D eigenvalue weighted by molar-refractivity contribution is 7.89. The third-order valence-corrected chi connectivity index (χ3v) is 8.48. The van der Waals surface area contributed by atoms with Crippen LogP contribution in [0.15, 0.2) is 29.2 Å². The summed E-state index contributed by atoms with van der Waals surface area (Å²) in [6.07, 6.45) is 4.76. The molecule has 0 radical (unpaired) electrons. The fraction of sp³-hybridized carbons (Fsp3) is 0.609. The standard InChI is InChI=1S/C23H36N4O3S/c1-5-27(6-2)31(29,30)20-11-12-21-19(16-20)17-22(25(21)4)23(28)24-13-9-15-26-14-8-7-10-18(26)3/h11-12,16-18H,5-10,13-15H2,1-4H3,(H,24,28). The zero-order valence-corrected chi connectivity index (χ0v) is 20.0. The Balaban J connectivity index is 1.68. The van der Waals surface area contributed by atoms with Crippen molar-refractivity contribution in [2.45, 2.75) is 57.4 Å². The van der Waals surface area contributed by atoms with Crippen LogP contribution in [0.3, 0.4) is 0 Å². The van der Waals surface area contributed by atoms with Gasteiger partial charge in [0.05, 0.1) is 4.90 Å². The second-order valence-electron chi connectivity index (χ2n) is 8.39. The summed E-state index contributed by atoms with van der Waals surface area (Å²) in [5.41, 5.74) is 1.38. The average Bonchev–Trinajstić information content (AvgIpc) is 3.09. The Morgan fingerprint density at radius 2 is 1.94 bits per heavy atom. The quantitative estimate of drug-likeness (QED) is 0.598. The van der Waals surface area contributed by atoms with Crippen LogP contribution in [0.4, 0.5) is 0 Å². The highest BCUT2D eigenvalue weighted by atomic mass is 32.2. The fourth-order valence-electron chi connectivity index (χ4n) is 4.48. The van der Waals surface area contributed by atoms with Gasteiger partial charge in [-0.3, -0.25) is 4.79 Å². The van der Waals surface area contributed by atoms with Gasteiger partial charge in [0.2, 0.25) is 10.0 Å². The van der Waals surface area contributed by atoms with E-state index in [9.17, 15) is 13.2 Å². The van der Waals surface area contributed by atoms with Crippen molar-refractivity contribution in [2.75, 3.05) is 32.7 Å². The zero-order chi connectivity index (χ0) is 22.6. The summed E-state index contributed by atoms with van der Waals surface area (Å²) in [4.78, 5) is 15.5. The molecule has 0 spiro atoms. The molecular weight excluding hydrogens is 412 g/mol. The Hall–Kier alpha value is -1.90. The van der Waals surface area contributed by atoms with Crippen LogP contribution in [0, 0.1) is 0 Å². The van der Waals surface area contributed by atoms with Gasteiger partial charge in [0.1, 0.15) is 5.69 Å². The van der Waals surface area contributed by atoms with Gasteiger partial charge < -0.3 is 14.8 Å². The topological polar surface area (TPSA) is 74.7 Å². The molecule has 1 aromatic heterocycles. The molecule has 1 fully saturated rings. The molecule has 8 heteroatoms. The molecule has 1 aliphatic heterocycles. The highest BCUT2D eigenvalue weighted by Gasteiger charge is 2.23. The van der Waals surface area contributed by atoms with Gasteiger partial charge in [-0.2, -0.15) is 4.31 Å². The van der Waals surface area contributed by atoms with Gasteiger partial charge in [-0.1, -0.05) is 20.3 Å². The number of aryl methyl sites for hydroxylation is 1. The number of sulfonamides is 1. The highest BCUT2D eigenvalue weighted by Crippen LogP contribution is 2.24. The molecule has 2 aromatic rings. The number of benzene rings is 1. The van der Waals surface area contributed by atoms with Gasteiger partial charge in [0, 0.05) is 50.2 Å². The average molecular weight is 449 g/mol. The van der Waals surface area contributed by atoms with E-state index in [-0.39, 0.29) is 10.8 Å². The summed E-state index contributed by atoms with van der Waals surface area (Å²) in [5, 5.41) is 3.78. The molecule has 31 heavy (non-hydrogen) atoms. The molecule has 1 aliphatic rings. The number of hydrogen-bond acceptors (Lipinski definition) is 4. The molecule has 0 bridgehead atoms. The van der Waals surface area contributed by atoms with E-state index in [1.54, 1.807) is 24.3 Å². The first-order valence-electron chi connectivity index (χ1n) is 11.4. The molecule has 1 aromatic carbocycles. The summed E-state index contributed by atoms with van der Waals surface area (Å²) in [6.45, 7) is 9.57. The number of amides is 1. The number of hydrogen-bond donors (Lipinski definition) is 1. The number of nitrogens with one attached hydrogen (secondary N) is 1. The molecule has 1 N–H and O–H groups in total. The lowest BCUT2D eigenvalue weighted by Gasteiger charge is -2.33. The van der Waals surface area contributed by atoms with Crippen molar-refractivity contribution in [3.63, 3.8) is 0 Å². The van der Waals surface area contributed by atoms with Crippen LogP contribution in [-0.2, 0) is 17.1 Å². The van der Waals surface area contributed by atoms with Crippen molar-refractivity contribution in [2.24, 2.45) is 7.05 Å². The van der Waals surface area contributed by atoms with Crippen molar-refractivity contribution in [3.05, 3.63) is 30.0 Å². The van der Waals surface area contributed by atoms with Crippen LogP contribution in [0.2, 0.25) is 0 Å². The van der Waals surface area contributed by atoms with E-state index in [2.05, 4.69) is 17.1 Å². The van der Waals surface area contributed by atoms with Gasteiger partial charge >= 0.3 is 0 Å². The van der Waals surface area contributed by atoms with E-state index in [1.165, 1.54) is 23.6 Å². The first-order valence-corrected chi connectivity index (χ1v) is 12.9. The predicted octanol–water partition coefficient (Wildman–Crippen LogP) is 3.20. The van der Waals surface area contributed by atoms with E-state index in [0.29, 0.717) is 31.4 Å². The van der Waals surface area contributed by atoms with Crippen molar-refractivity contribution in [1.29, 1.82) is 0 Å². The first-order chi connectivity index (χ1) is 14.8.